The number of nitrogens with zero attached hydrogens (tertiary/aromatic N) is 2. The molecule has 29 heavy (non-hydrogen) atoms. The summed E-state index contributed by atoms with van der Waals surface area (Å²) in [4.78, 5) is 39.3. The van der Waals surface area contributed by atoms with Crippen molar-refractivity contribution >= 4 is 18.5 Å². The maximum Gasteiger partial charge on any atom is 0.410 e. The van der Waals surface area contributed by atoms with Gasteiger partial charge in [-0.05, 0) is 11.1 Å². The highest BCUT2D eigenvalue weighted by Gasteiger charge is 2.42. The average Bonchev–Trinajstić information content (AvgIpc) is 3.22. The van der Waals surface area contributed by atoms with Gasteiger partial charge in [-0.2, -0.15) is 0 Å². The molecule has 2 aromatic carbocycles. The van der Waals surface area contributed by atoms with Gasteiger partial charge in [-0.1, -0.05) is 60.7 Å². The van der Waals surface area contributed by atoms with E-state index in [0.717, 1.165) is 11.1 Å². The predicted octanol–water partition coefficient (Wildman–Crippen LogP) is 2.60. The number of ether oxygens (including phenoxy) is 2. The summed E-state index contributed by atoms with van der Waals surface area (Å²) in [6.07, 6.45) is 0.399. The normalized spacial score (nSPS) is 18.2. The number of carbonyl (C=O) groups excluding carboxylic acids is 3. The van der Waals surface area contributed by atoms with Gasteiger partial charge in [0.15, 0.2) is 0 Å². The van der Waals surface area contributed by atoms with Crippen LogP contribution in [0.25, 0.3) is 0 Å². The van der Waals surface area contributed by atoms with Crippen LogP contribution in [0.4, 0.5) is 4.79 Å². The molecule has 1 fully saturated rings. The SMILES string of the molecule is CN(C=O)C1C[C@@H](C(=O)OCc2ccccc2)N(C(=O)OCc2ccccc2)C1. The second-order valence-corrected chi connectivity index (χ2v) is 6.96. The zero-order valence-electron chi connectivity index (χ0n) is 16.3. The van der Waals surface area contributed by atoms with E-state index >= 15 is 0 Å². The van der Waals surface area contributed by atoms with Crippen molar-refractivity contribution in [3.8, 4) is 0 Å². The van der Waals surface area contributed by atoms with E-state index in [4.69, 9.17) is 9.47 Å². The number of hydrogen-bond donors (Lipinski definition) is 0. The molecule has 0 saturated carbocycles. The van der Waals surface area contributed by atoms with Crippen molar-refractivity contribution < 1.29 is 23.9 Å². The molecule has 1 heterocycles. The highest BCUT2D eigenvalue weighted by molar-refractivity contribution is 5.82. The van der Waals surface area contributed by atoms with Crippen LogP contribution in [0, 0.1) is 0 Å². The Morgan fingerprint density at radius 3 is 2.10 bits per heavy atom. The maximum absolute atomic E-state index is 12.7. The summed E-state index contributed by atoms with van der Waals surface area (Å²) in [5, 5.41) is 0. The summed E-state index contributed by atoms with van der Waals surface area (Å²) >= 11 is 0. The summed E-state index contributed by atoms with van der Waals surface area (Å²) in [5.74, 6) is -0.507. The number of benzene rings is 2. The van der Waals surface area contributed by atoms with Crippen LogP contribution in [-0.4, -0.2) is 53.9 Å². The molecular formula is C22H24N2O5. The zero-order chi connectivity index (χ0) is 20.6. The van der Waals surface area contributed by atoms with E-state index in [2.05, 4.69) is 0 Å². The fourth-order valence-electron chi connectivity index (χ4n) is 3.25. The number of esters is 1. The van der Waals surface area contributed by atoms with E-state index < -0.39 is 18.1 Å². The molecule has 7 heteroatoms. The molecule has 3 rings (SSSR count). The third kappa shape index (κ3) is 5.34. The second kappa shape index (κ2) is 9.73. The Labute approximate surface area is 169 Å². The van der Waals surface area contributed by atoms with Gasteiger partial charge >= 0.3 is 12.1 Å². The van der Waals surface area contributed by atoms with Crippen LogP contribution in [0.5, 0.6) is 0 Å². The average molecular weight is 396 g/mol. The monoisotopic (exact) mass is 396 g/mol. The third-order valence-corrected chi connectivity index (χ3v) is 4.96. The molecule has 0 radical (unpaired) electrons. The Hall–Kier alpha value is -3.35. The van der Waals surface area contributed by atoms with Crippen LogP contribution in [0.2, 0.25) is 0 Å². The predicted molar refractivity (Wildman–Crippen MR) is 106 cm³/mol. The number of carbonyl (C=O) groups is 3. The van der Waals surface area contributed by atoms with Crippen LogP contribution in [0.1, 0.15) is 17.5 Å². The molecule has 0 N–H and O–H groups in total. The van der Waals surface area contributed by atoms with Crippen LogP contribution in [0.15, 0.2) is 60.7 Å². The lowest BCUT2D eigenvalue weighted by Crippen LogP contribution is -2.42. The molecule has 0 aromatic heterocycles. The number of hydrogen-bond acceptors (Lipinski definition) is 5. The van der Waals surface area contributed by atoms with Gasteiger partial charge < -0.3 is 14.4 Å². The van der Waals surface area contributed by atoms with Crippen LogP contribution in [-0.2, 0) is 32.3 Å². The van der Waals surface area contributed by atoms with Crippen molar-refractivity contribution in [1.82, 2.24) is 9.80 Å². The Morgan fingerprint density at radius 2 is 1.55 bits per heavy atom. The van der Waals surface area contributed by atoms with Gasteiger partial charge in [-0.3, -0.25) is 9.69 Å². The largest absolute Gasteiger partial charge is 0.459 e. The van der Waals surface area contributed by atoms with Crippen molar-refractivity contribution in [2.45, 2.75) is 31.7 Å². The molecule has 1 unspecified atom stereocenters. The number of likely N-dealkylation sites (N-methyl/N-ethyl adjacent to an activating group) is 1. The van der Waals surface area contributed by atoms with Gasteiger partial charge in [-0.25, -0.2) is 9.59 Å². The van der Waals surface area contributed by atoms with E-state index in [-0.39, 0.29) is 25.8 Å². The quantitative estimate of drug-likeness (QED) is 0.531. The molecule has 0 bridgehead atoms. The van der Waals surface area contributed by atoms with E-state index in [1.165, 1.54) is 9.80 Å². The summed E-state index contributed by atoms with van der Waals surface area (Å²) in [6.45, 7) is 0.446. The molecular weight excluding hydrogens is 372 g/mol. The topological polar surface area (TPSA) is 76.2 Å². The van der Waals surface area contributed by atoms with Crippen molar-refractivity contribution in [2.24, 2.45) is 0 Å². The molecule has 7 nitrogen and oxygen atoms in total. The molecule has 0 spiro atoms. The van der Waals surface area contributed by atoms with Gasteiger partial charge in [0.25, 0.3) is 0 Å². The summed E-state index contributed by atoms with van der Waals surface area (Å²) in [5.41, 5.74) is 1.71. The van der Waals surface area contributed by atoms with Crippen LogP contribution < -0.4 is 0 Å². The number of likely N-dealkylation sites (tertiary alicyclic amines) is 1. The molecule has 1 saturated heterocycles. The second-order valence-electron chi connectivity index (χ2n) is 6.96. The van der Waals surface area contributed by atoms with Gasteiger partial charge in [-0.15, -0.1) is 0 Å². The first-order valence-electron chi connectivity index (χ1n) is 9.43. The Kier molecular flexibility index (Phi) is 6.84. The van der Waals surface area contributed by atoms with Crippen molar-refractivity contribution in [2.75, 3.05) is 13.6 Å². The Morgan fingerprint density at radius 1 is 1.00 bits per heavy atom. The zero-order valence-corrected chi connectivity index (χ0v) is 16.3. The van der Waals surface area contributed by atoms with Crippen molar-refractivity contribution in [3.05, 3.63) is 71.8 Å². The molecule has 1 aliphatic heterocycles. The van der Waals surface area contributed by atoms with Gasteiger partial charge in [0.05, 0.1) is 6.04 Å². The molecule has 2 aromatic rings. The van der Waals surface area contributed by atoms with E-state index in [0.29, 0.717) is 12.8 Å². The minimum atomic E-state index is -0.797. The fraction of sp³-hybridized carbons (Fsp3) is 0.318. The first-order chi connectivity index (χ1) is 14.1. The fourth-order valence-corrected chi connectivity index (χ4v) is 3.25. The molecule has 0 aliphatic carbocycles. The highest BCUT2D eigenvalue weighted by Crippen LogP contribution is 2.24. The van der Waals surface area contributed by atoms with Crippen LogP contribution >= 0.6 is 0 Å². The first kappa shape index (κ1) is 20.4. The van der Waals surface area contributed by atoms with Gasteiger partial charge in [0.1, 0.15) is 19.3 Å². The van der Waals surface area contributed by atoms with Crippen molar-refractivity contribution in [3.63, 3.8) is 0 Å². The smallest absolute Gasteiger partial charge is 0.410 e. The molecule has 2 amide bonds. The van der Waals surface area contributed by atoms with E-state index in [1.54, 1.807) is 7.05 Å². The number of rotatable bonds is 7. The van der Waals surface area contributed by atoms with Crippen LogP contribution in [0.3, 0.4) is 0 Å². The summed E-state index contributed by atoms with van der Waals surface area (Å²) in [7, 11) is 1.63. The third-order valence-electron chi connectivity index (χ3n) is 4.96. The summed E-state index contributed by atoms with van der Waals surface area (Å²) in [6, 6.07) is 17.6. The lowest BCUT2D eigenvalue weighted by Gasteiger charge is -2.23. The lowest BCUT2D eigenvalue weighted by atomic mass is 10.1. The summed E-state index contributed by atoms with van der Waals surface area (Å²) < 4.78 is 10.8. The molecule has 152 valence electrons. The lowest BCUT2D eigenvalue weighted by molar-refractivity contribution is -0.150. The maximum atomic E-state index is 12.7. The van der Waals surface area contributed by atoms with Crippen molar-refractivity contribution in [1.29, 1.82) is 0 Å². The minimum absolute atomic E-state index is 0.107. The van der Waals surface area contributed by atoms with E-state index in [9.17, 15) is 14.4 Å². The van der Waals surface area contributed by atoms with E-state index in [1.807, 2.05) is 60.7 Å². The van der Waals surface area contributed by atoms with Gasteiger partial charge in [0, 0.05) is 20.0 Å². The molecule has 2 atom stereocenters. The first-order valence-corrected chi connectivity index (χ1v) is 9.43. The molecule has 1 aliphatic rings. The van der Waals surface area contributed by atoms with Gasteiger partial charge in [0.2, 0.25) is 6.41 Å². The highest BCUT2D eigenvalue weighted by atomic mass is 16.6. The Bertz CT molecular complexity index is 764. The standard InChI is InChI=1S/C22H24N2O5/c1-23(16-25)19-12-20(21(26)28-14-17-8-4-2-5-9-17)24(13-19)22(27)29-15-18-10-6-3-7-11-18/h2-11,16,19-20H,12-15H2,1H3/t19?,20-/m0/s1. The number of amides is 2. The Balaban J connectivity index is 1.65. The minimum Gasteiger partial charge on any atom is -0.459 e.